The fourth-order valence-electron chi connectivity index (χ4n) is 2.66. The normalized spacial score (nSPS) is 10.9. The lowest BCUT2D eigenvalue weighted by molar-refractivity contribution is 0.103. The van der Waals surface area contributed by atoms with Gasteiger partial charge in [0.25, 0.3) is 0 Å². The lowest BCUT2D eigenvalue weighted by Crippen LogP contribution is -2.32. The monoisotopic (exact) mass is 369 g/mol. The number of ketones is 1. The van der Waals surface area contributed by atoms with Gasteiger partial charge >= 0.3 is 6.03 Å². The van der Waals surface area contributed by atoms with Gasteiger partial charge in [-0.25, -0.2) is 4.79 Å². The van der Waals surface area contributed by atoms with E-state index >= 15 is 0 Å². The molecule has 5 nitrogen and oxygen atoms in total. The van der Waals surface area contributed by atoms with Crippen LogP contribution in [0.4, 0.5) is 10.5 Å². The molecule has 0 spiro atoms. The second-order valence-electron chi connectivity index (χ2n) is 6.49. The van der Waals surface area contributed by atoms with Crippen molar-refractivity contribution in [1.29, 1.82) is 0 Å². The van der Waals surface area contributed by atoms with Gasteiger partial charge < -0.3 is 15.6 Å². The van der Waals surface area contributed by atoms with Crippen molar-refractivity contribution in [2.45, 2.75) is 13.8 Å². The highest BCUT2D eigenvalue weighted by atomic mass is 35.5. The predicted octanol–water partition coefficient (Wildman–Crippen LogP) is 4.83. The molecule has 26 heavy (non-hydrogen) atoms. The second kappa shape index (κ2) is 7.62. The zero-order chi connectivity index (χ0) is 18.7. The summed E-state index contributed by atoms with van der Waals surface area (Å²) in [5.74, 6) is 0.130. The van der Waals surface area contributed by atoms with E-state index in [1.54, 1.807) is 42.5 Å². The molecule has 1 aromatic heterocycles. The predicted molar refractivity (Wildman–Crippen MR) is 105 cm³/mol. The molecule has 2 aromatic carbocycles. The number of anilines is 1. The first-order chi connectivity index (χ1) is 12.5. The van der Waals surface area contributed by atoms with E-state index < -0.39 is 0 Å². The summed E-state index contributed by atoms with van der Waals surface area (Å²) in [4.78, 5) is 28.3. The molecule has 0 saturated heterocycles. The number of rotatable bonds is 5. The Morgan fingerprint density at radius 1 is 1.12 bits per heavy atom. The first kappa shape index (κ1) is 18.0. The van der Waals surface area contributed by atoms with Crippen LogP contribution < -0.4 is 10.6 Å². The number of benzene rings is 2. The minimum atomic E-state index is -0.350. The summed E-state index contributed by atoms with van der Waals surface area (Å²) >= 11 is 6.06. The molecule has 0 unspecified atom stereocenters. The lowest BCUT2D eigenvalue weighted by atomic mass is 10.1. The van der Waals surface area contributed by atoms with E-state index in [1.165, 1.54) is 0 Å². The van der Waals surface area contributed by atoms with Crippen LogP contribution in [-0.2, 0) is 0 Å². The maximum Gasteiger partial charge on any atom is 0.319 e. The SMILES string of the molecule is CC(C)CNC(=O)Nc1c(C(=O)c2ccccc2)[nH]c2cc(Cl)ccc12. The van der Waals surface area contributed by atoms with Crippen molar-refractivity contribution in [1.82, 2.24) is 10.3 Å². The third-order valence-electron chi connectivity index (χ3n) is 3.93. The van der Waals surface area contributed by atoms with E-state index in [2.05, 4.69) is 15.6 Å². The summed E-state index contributed by atoms with van der Waals surface area (Å²) in [5, 5.41) is 6.89. The summed E-state index contributed by atoms with van der Waals surface area (Å²) in [5.41, 5.74) is 2.01. The Morgan fingerprint density at radius 3 is 2.54 bits per heavy atom. The number of aromatic nitrogens is 1. The first-order valence-corrected chi connectivity index (χ1v) is 8.79. The Hall–Kier alpha value is -2.79. The van der Waals surface area contributed by atoms with Gasteiger partial charge in [0.1, 0.15) is 5.69 Å². The van der Waals surface area contributed by atoms with Crippen molar-refractivity contribution in [2.24, 2.45) is 5.92 Å². The number of aromatic amines is 1. The van der Waals surface area contributed by atoms with Gasteiger partial charge in [-0.05, 0) is 24.1 Å². The van der Waals surface area contributed by atoms with E-state index in [4.69, 9.17) is 11.6 Å². The Morgan fingerprint density at radius 2 is 1.85 bits per heavy atom. The molecule has 3 rings (SSSR count). The number of nitrogens with one attached hydrogen (secondary N) is 3. The van der Waals surface area contributed by atoms with E-state index in [0.29, 0.717) is 39.9 Å². The summed E-state index contributed by atoms with van der Waals surface area (Å²) in [6.45, 7) is 4.57. The minimum Gasteiger partial charge on any atom is -0.350 e. The highest BCUT2D eigenvalue weighted by molar-refractivity contribution is 6.31. The van der Waals surface area contributed by atoms with Crippen LogP contribution in [0.2, 0.25) is 5.02 Å². The van der Waals surface area contributed by atoms with Gasteiger partial charge in [0.15, 0.2) is 0 Å². The third kappa shape index (κ3) is 3.89. The third-order valence-corrected chi connectivity index (χ3v) is 4.17. The smallest absolute Gasteiger partial charge is 0.319 e. The summed E-state index contributed by atoms with van der Waals surface area (Å²) in [6.07, 6.45) is 0. The van der Waals surface area contributed by atoms with E-state index in [-0.39, 0.29) is 11.8 Å². The molecule has 0 saturated carbocycles. The average Bonchev–Trinajstić information content (AvgIpc) is 2.97. The van der Waals surface area contributed by atoms with E-state index in [9.17, 15) is 9.59 Å². The molecular weight excluding hydrogens is 350 g/mol. The number of halogens is 1. The molecule has 0 aliphatic carbocycles. The van der Waals surface area contributed by atoms with Gasteiger partial charge in [0.05, 0.1) is 5.69 Å². The zero-order valence-electron chi connectivity index (χ0n) is 14.6. The van der Waals surface area contributed by atoms with Gasteiger partial charge in [-0.15, -0.1) is 0 Å². The molecule has 134 valence electrons. The van der Waals surface area contributed by atoms with Crippen LogP contribution in [-0.4, -0.2) is 23.3 Å². The topological polar surface area (TPSA) is 74.0 Å². The highest BCUT2D eigenvalue weighted by Gasteiger charge is 2.21. The second-order valence-corrected chi connectivity index (χ2v) is 6.93. The highest BCUT2D eigenvalue weighted by Crippen LogP contribution is 2.31. The summed E-state index contributed by atoms with van der Waals surface area (Å²) in [6, 6.07) is 13.8. The van der Waals surface area contributed by atoms with Crippen molar-refractivity contribution < 1.29 is 9.59 Å². The molecular formula is C20H20ClN3O2. The number of urea groups is 1. The largest absolute Gasteiger partial charge is 0.350 e. The van der Waals surface area contributed by atoms with Crippen molar-refractivity contribution in [3.05, 3.63) is 64.8 Å². The number of amides is 2. The van der Waals surface area contributed by atoms with Crippen LogP contribution in [0.5, 0.6) is 0 Å². The van der Waals surface area contributed by atoms with Gasteiger partial charge in [-0.2, -0.15) is 0 Å². The molecule has 3 N–H and O–H groups in total. The summed E-state index contributed by atoms with van der Waals surface area (Å²) in [7, 11) is 0. The van der Waals surface area contributed by atoms with Crippen molar-refractivity contribution in [3.8, 4) is 0 Å². The quantitative estimate of drug-likeness (QED) is 0.563. The number of H-pyrrole nitrogens is 1. The Kier molecular flexibility index (Phi) is 5.28. The van der Waals surface area contributed by atoms with Crippen LogP contribution in [0.15, 0.2) is 48.5 Å². The molecule has 0 fully saturated rings. The van der Waals surface area contributed by atoms with Crippen molar-refractivity contribution in [2.75, 3.05) is 11.9 Å². The van der Waals surface area contributed by atoms with Crippen molar-refractivity contribution in [3.63, 3.8) is 0 Å². The fraction of sp³-hybridized carbons (Fsp3) is 0.200. The molecule has 3 aromatic rings. The number of carbonyl (C=O) groups is 2. The van der Waals surface area contributed by atoms with Crippen LogP contribution in [0, 0.1) is 5.92 Å². The van der Waals surface area contributed by atoms with E-state index in [0.717, 1.165) is 5.39 Å². The molecule has 0 radical (unpaired) electrons. The number of carbonyl (C=O) groups excluding carboxylic acids is 2. The number of fused-ring (bicyclic) bond motifs is 1. The van der Waals surface area contributed by atoms with Crippen LogP contribution in [0.1, 0.15) is 29.9 Å². The van der Waals surface area contributed by atoms with Gasteiger partial charge in [0, 0.05) is 28.0 Å². The molecule has 0 bridgehead atoms. The standard InChI is InChI=1S/C20H20ClN3O2/c1-12(2)11-22-20(26)24-17-15-9-8-14(21)10-16(15)23-18(17)19(25)13-6-4-3-5-7-13/h3-10,12,23H,11H2,1-2H3,(H2,22,24,26). The minimum absolute atomic E-state index is 0.197. The van der Waals surface area contributed by atoms with Crippen LogP contribution in [0.25, 0.3) is 10.9 Å². The number of hydrogen-bond donors (Lipinski definition) is 3. The lowest BCUT2D eigenvalue weighted by Gasteiger charge is -2.10. The molecule has 6 heteroatoms. The maximum absolute atomic E-state index is 12.9. The summed E-state index contributed by atoms with van der Waals surface area (Å²) < 4.78 is 0. The Balaban J connectivity index is 2.01. The zero-order valence-corrected chi connectivity index (χ0v) is 15.4. The first-order valence-electron chi connectivity index (χ1n) is 8.41. The van der Waals surface area contributed by atoms with Crippen molar-refractivity contribution >= 4 is 40.0 Å². The van der Waals surface area contributed by atoms with Gasteiger partial charge in [0.2, 0.25) is 5.78 Å². The average molecular weight is 370 g/mol. The Labute approximate surface area is 156 Å². The maximum atomic E-state index is 12.9. The molecule has 0 atom stereocenters. The van der Waals surface area contributed by atoms with Crippen LogP contribution >= 0.6 is 11.6 Å². The molecule has 1 heterocycles. The molecule has 2 amide bonds. The van der Waals surface area contributed by atoms with Gasteiger partial charge in [-0.3, -0.25) is 4.79 Å². The van der Waals surface area contributed by atoms with E-state index in [1.807, 2.05) is 19.9 Å². The number of hydrogen-bond acceptors (Lipinski definition) is 2. The fourth-order valence-corrected chi connectivity index (χ4v) is 2.83. The Bertz CT molecular complexity index is 948. The molecule has 0 aliphatic heterocycles. The van der Waals surface area contributed by atoms with Crippen LogP contribution in [0.3, 0.4) is 0 Å². The molecule has 0 aliphatic rings. The van der Waals surface area contributed by atoms with Gasteiger partial charge in [-0.1, -0.05) is 55.8 Å².